The van der Waals surface area contributed by atoms with E-state index in [1.165, 1.54) is 72.0 Å². The minimum absolute atomic E-state index is 0.243. The van der Waals surface area contributed by atoms with Crippen molar-refractivity contribution in [3.63, 3.8) is 0 Å². The zero-order valence-corrected chi connectivity index (χ0v) is 37.2. The number of fused-ring (bicyclic) bond motifs is 6. The van der Waals surface area contributed by atoms with Crippen molar-refractivity contribution in [2.45, 2.75) is 38.5 Å². The minimum atomic E-state index is -0.331. The molecule has 12 rings (SSSR count). The number of anilines is 9. The van der Waals surface area contributed by atoms with Crippen molar-refractivity contribution in [3.8, 4) is 11.1 Å². The van der Waals surface area contributed by atoms with Crippen LogP contribution in [0.4, 0.5) is 51.2 Å². The third-order valence-electron chi connectivity index (χ3n) is 14.2. The van der Waals surface area contributed by atoms with E-state index in [1.807, 2.05) is 0 Å². The van der Waals surface area contributed by atoms with E-state index in [0.29, 0.717) is 0 Å². The van der Waals surface area contributed by atoms with Crippen LogP contribution in [0.15, 0.2) is 224 Å². The molecule has 2 aliphatic heterocycles. The lowest BCUT2D eigenvalue weighted by atomic mass is 9.66. The second kappa shape index (κ2) is 14.9. The van der Waals surface area contributed by atoms with Crippen molar-refractivity contribution in [2.75, 3.05) is 14.7 Å². The van der Waals surface area contributed by atoms with Crippen LogP contribution in [-0.4, -0.2) is 0 Å². The lowest BCUT2D eigenvalue weighted by Crippen LogP contribution is -2.38. The van der Waals surface area contributed by atoms with E-state index in [0.717, 1.165) is 34.1 Å². The SMILES string of the molecule is CC1(C)c2ccccc2N2c3ccc(-c4ccc(N(c5cccc6ccccc56)c5cccc6ccccc56)cc4)cc3C(C)(C)c3cc(N(c4ccccc4)c4ccccc4)cc1c32. The summed E-state index contributed by atoms with van der Waals surface area (Å²) in [4.78, 5) is 7.41. The van der Waals surface area contributed by atoms with Gasteiger partial charge in [0.1, 0.15) is 0 Å². The Hall–Kier alpha value is -7.88. The Morgan fingerprint density at radius 1 is 0.323 bits per heavy atom. The van der Waals surface area contributed by atoms with Crippen LogP contribution in [0, 0.1) is 0 Å². The summed E-state index contributed by atoms with van der Waals surface area (Å²) in [5.41, 5.74) is 17.7. The molecule has 0 amide bonds. The van der Waals surface area contributed by atoms with Gasteiger partial charge in [0.25, 0.3) is 0 Å². The van der Waals surface area contributed by atoms with Gasteiger partial charge in [-0.15, -0.1) is 0 Å². The number of hydrogen-bond donors (Lipinski definition) is 0. The summed E-state index contributed by atoms with van der Waals surface area (Å²) >= 11 is 0. The largest absolute Gasteiger partial charge is 0.310 e. The average Bonchev–Trinajstić information content (AvgIpc) is 3.35. The first-order valence-corrected chi connectivity index (χ1v) is 22.8. The molecule has 3 heteroatoms. The molecule has 312 valence electrons. The number of nitrogens with zero attached hydrogens (tertiary/aromatic N) is 3. The number of rotatable bonds is 7. The van der Waals surface area contributed by atoms with Gasteiger partial charge in [0.2, 0.25) is 0 Å². The Morgan fingerprint density at radius 3 is 1.38 bits per heavy atom. The molecule has 0 saturated heterocycles. The summed E-state index contributed by atoms with van der Waals surface area (Å²) in [5, 5.41) is 4.87. The summed E-state index contributed by atoms with van der Waals surface area (Å²) in [7, 11) is 0. The molecule has 0 unspecified atom stereocenters. The highest BCUT2D eigenvalue weighted by molar-refractivity contribution is 6.05. The first-order valence-electron chi connectivity index (χ1n) is 22.8. The Kier molecular flexibility index (Phi) is 8.86. The fourth-order valence-corrected chi connectivity index (χ4v) is 10.8. The van der Waals surface area contributed by atoms with E-state index >= 15 is 0 Å². The van der Waals surface area contributed by atoms with Gasteiger partial charge in [-0.3, -0.25) is 0 Å². The van der Waals surface area contributed by atoms with Crippen LogP contribution in [0.1, 0.15) is 49.9 Å². The van der Waals surface area contributed by atoms with Crippen molar-refractivity contribution in [3.05, 3.63) is 247 Å². The number of para-hydroxylation sites is 3. The maximum absolute atomic E-state index is 2.56. The van der Waals surface area contributed by atoms with Gasteiger partial charge < -0.3 is 14.7 Å². The first-order chi connectivity index (χ1) is 31.8. The van der Waals surface area contributed by atoms with Gasteiger partial charge in [0.15, 0.2) is 0 Å². The second-order valence-corrected chi connectivity index (χ2v) is 18.6. The standard InChI is InChI=1S/C62H49N3/c1-61(2)52-29-15-16-30-58(52)65-59-38-35-45(39-53(59)62(3,4)55-41-49(40-54(61)60(55)65)63(46-23-7-5-8-24-46)47-25-9-6-10-26-47)42-33-36-48(37-34-42)64(56-31-17-21-43-19-11-13-27-50(43)56)57-32-18-22-44-20-12-14-28-51(44)57/h5-41H,1-4H3. The molecule has 0 saturated carbocycles. The molecular weight excluding hydrogens is 787 g/mol. The summed E-state index contributed by atoms with van der Waals surface area (Å²) in [6, 6.07) is 82.5. The molecule has 0 radical (unpaired) electrons. The Balaban J connectivity index is 1.02. The molecule has 65 heavy (non-hydrogen) atoms. The van der Waals surface area contributed by atoms with Gasteiger partial charge in [0.05, 0.1) is 28.4 Å². The molecule has 2 aliphatic rings. The normalized spacial score (nSPS) is 14.1. The van der Waals surface area contributed by atoms with E-state index in [2.05, 4.69) is 267 Å². The van der Waals surface area contributed by atoms with Crippen LogP contribution in [-0.2, 0) is 10.8 Å². The van der Waals surface area contributed by atoms with Crippen molar-refractivity contribution >= 4 is 72.7 Å². The van der Waals surface area contributed by atoms with Crippen LogP contribution in [0.3, 0.4) is 0 Å². The minimum Gasteiger partial charge on any atom is -0.310 e. The first kappa shape index (κ1) is 38.8. The summed E-state index contributed by atoms with van der Waals surface area (Å²) < 4.78 is 0. The zero-order chi connectivity index (χ0) is 43.9. The lowest BCUT2D eigenvalue weighted by Gasteiger charge is -2.50. The van der Waals surface area contributed by atoms with E-state index in [4.69, 9.17) is 0 Å². The second-order valence-electron chi connectivity index (χ2n) is 18.6. The molecule has 0 fully saturated rings. The predicted octanol–water partition coefficient (Wildman–Crippen LogP) is 17.3. The molecule has 0 aliphatic carbocycles. The fraction of sp³-hybridized carbons (Fsp3) is 0.0968. The van der Waals surface area contributed by atoms with Crippen LogP contribution in [0.5, 0.6) is 0 Å². The fourth-order valence-electron chi connectivity index (χ4n) is 10.8. The number of benzene rings is 10. The maximum atomic E-state index is 2.56. The molecule has 0 spiro atoms. The highest BCUT2D eigenvalue weighted by Crippen LogP contribution is 2.61. The van der Waals surface area contributed by atoms with Crippen LogP contribution >= 0.6 is 0 Å². The van der Waals surface area contributed by atoms with E-state index < -0.39 is 0 Å². The summed E-state index contributed by atoms with van der Waals surface area (Å²) in [5.74, 6) is 0. The summed E-state index contributed by atoms with van der Waals surface area (Å²) in [6.45, 7) is 9.64. The third kappa shape index (κ3) is 6.10. The van der Waals surface area contributed by atoms with Gasteiger partial charge in [-0.1, -0.05) is 173 Å². The van der Waals surface area contributed by atoms with Crippen LogP contribution in [0.2, 0.25) is 0 Å². The van der Waals surface area contributed by atoms with Gasteiger partial charge in [0, 0.05) is 44.4 Å². The quantitative estimate of drug-likeness (QED) is 0.158. The zero-order valence-electron chi connectivity index (χ0n) is 37.2. The Morgan fingerprint density at radius 2 is 0.785 bits per heavy atom. The Bertz CT molecular complexity index is 3310. The van der Waals surface area contributed by atoms with Crippen LogP contribution in [0.25, 0.3) is 32.7 Å². The van der Waals surface area contributed by atoms with Gasteiger partial charge >= 0.3 is 0 Å². The van der Waals surface area contributed by atoms with Crippen molar-refractivity contribution in [1.29, 1.82) is 0 Å². The summed E-state index contributed by atoms with van der Waals surface area (Å²) in [6.07, 6.45) is 0. The topological polar surface area (TPSA) is 9.72 Å². The van der Waals surface area contributed by atoms with Crippen molar-refractivity contribution in [2.24, 2.45) is 0 Å². The third-order valence-corrected chi connectivity index (χ3v) is 14.2. The van der Waals surface area contributed by atoms with Crippen LogP contribution < -0.4 is 14.7 Å². The predicted molar refractivity (Wildman–Crippen MR) is 275 cm³/mol. The molecule has 10 aromatic rings. The Labute approximate surface area is 382 Å². The van der Waals surface area contributed by atoms with Gasteiger partial charge in [-0.25, -0.2) is 0 Å². The van der Waals surface area contributed by atoms with Gasteiger partial charge in [-0.2, -0.15) is 0 Å². The highest BCUT2D eigenvalue weighted by atomic mass is 15.2. The molecule has 0 bridgehead atoms. The molecular formula is C62H49N3. The molecule has 0 aromatic heterocycles. The van der Waals surface area contributed by atoms with E-state index in [-0.39, 0.29) is 10.8 Å². The monoisotopic (exact) mass is 835 g/mol. The highest BCUT2D eigenvalue weighted by Gasteiger charge is 2.46. The molecule has 0 N–H and O–H groups in total. The molecule has 2 heterocycles. The van der Waals surface area contributed by atoms with E-state index in [9.17, 15) is 0 Å². The smallest absolute Gasteiger partial charge is 0.0545 e. The number of hydrogen-bond acceptors (Lipinski definition) is 3. The van der Waals surface area contributed by atoms with Crippen molar-refractivity contribution < 1.29 is 0 Å². The van der Waals surface area contributed by atoms with Gasteiger partial charge in [-0.05, 0) is 123 Å². The lowest BCUT2D eigenvalue weighted by molar-refractivity contribution is 0.597. The molecule has 0 atom stereocenters. The average molecular weight is 836 g/mol. The van der Waals surface area contributed by atoms with E-state index in [1.54, 1.807) is 0 Å². The molecule has 3 nitrogen and oxygen atoms in total. The van der Waals surface area contributed by atoms with Crippen molar-refractivity contribution in [1.82, 2.24) is 0 Å². The maximum Gasteiger partial charge on any atom is 0.0545 e. The molecule has 10 aromatic carbocycles.